The highest BCUT2D eigenvalue weighted by Crippen LogP contribution is 2.29. The van der Waals surface area contributed by atoms with Gasteiger partial charge in [-0.25, -0.2) is 4.79 Å². The number of ether oxygens (including phenoxy) is 1. The molecule has 37 heavy (non-hydrogen) atoms. The molecule has 0 unspecified atom stereocenters. The maximum Gasteiger partial charge on any atom is 0.490 e. The number of amides is 2. The topological polar surface area (TPSA) is 108 Å². The molecule has 0 spiro atoms. The van der Waals surface area contributed by atoms with Crippen LogP contribution in [0.5, 0.6) is 5.75 Å². The number of carbonyl (C=O) groups is 3. The van der Waals surface area contributed by atoms with E-state index in [1.807, 2.05) is 43.4 Å². The Bertz CT molecular complexity index is 1050. The van der Waals surface area contributed by atoms with Gasteiger partial charge in [-0.15, -0.1) is 0 Å². The molecule has 0 saturated heterocycles. The van der Waals surface area contributed by atoms with E-state index in [9.17, 15) is 22.8 Å². The van der Waals surface area contributed by atoms with Crippen LogP contribution < -0.4 is 20.3 Å². The number of hydrogen-bond donors (Lipinski definition) is 3. The molecule has 1 aliphatic rings. The van der Waals surface area contributed by atoms with Gasteiger partial charge in [0.05, 0.1) is 7.11 Å². The summed E-state index contributed by atoms with van der Waals surface area (Å²) < 4.78 is 37.2. The van der Waals surface area contributed by atoms with Gasteiger partial charge in [-0.05, 0) is 68.1 Å². The molecule has 202 valence electrons. The Morgan fingerprint density at radius 1 is 1.08 bits per heavy atom. The van der Waals surface area contributed by atoms with Crippen molar-refractivity contribution < 1.29 is 37.4 Å². The molecule has 3 N–H and O–H groups in total. The molecule has 1 fully saturated rings. The fraction of sp³-hybridized carbons (Fsp3) is 0.423. The minimum Gasteiger partial charge on any atom is -0.496 e. The van der Waals surface area contributed by atoms with Crippen molar-refractivity contribution in [1.29, 1.82) is 0 Å². The molecule has 3 rings (SSSR count). The standard InChI is InChI=1S/C24H31N3O3.C2HF3O2/c1-25-21-9-4-18(5-10-21)24(29)26-15-20-14-19(8-13-23(20)30-3)17-6-11-22(12-7-17)27(2)16-28;3-2(4,5)1(6)7/h6-8,11-14,16,18,21,25H,4-5,9-10,15H2,1-3H3,(H,26,29);(H,6,7). The molecule has 0 heterocycles. The van der Waals surface area contributed by atoms with Crippen molar-refractivity contribution in [3.8, 4) is 16.9 Å². The van der Waals surface area contributed by atoms with Crippen LogP contribution in [-0.4, -0.2) is 56.8 Å². The number of nitrogens with zero attached hydrogens (tertiary/aromatic N) is 1. The Morgan fingerprint density at radius 3 is 2.14 bits per heavy atom. The van der Waals surface area contributed by atoms with Crippen LogP contribution >= 0.6 is 0 Å². The third-order valence-electron chi connectivity index (χ3n) is 6.25. The summed E-state index contributed by atoms with van der Waals surface area (Å²) in [6.45, 7) is 0.438. The number of aliphatic carboxylic acids is 1. The number of benzene rings is 2. The van der Waals surface area contributed by atoms with E-state index < -0.39 is 12.1 Å². The van der Waals surface area contributed by atoms with Crippen molar-refractivity contribution in [2.24, 2.45) is 5.92 Å². The second-order valence-corrected chi connectivity index (χ2v) is 8.65. The van der Waals surface area contributed by atoms with Gasteiger partial charge < -0.3 is 25.4 Å². The molecular weight excluding hydrogens is 491 g/mol. The lowest BCUT2D eigenvalue weighted by atomic mass is 9.85. The van der Waals surface area contributed by atoms with Crippen LogP contribution in [0, 0.1) is 5.92 Å². The molecule has 0 atom stereocenters. The van der Waals surface area contributed by atoms with Crippen LogP contribution in [0.15, 0.2) is 42.5 Å². The Balaban J connectivity index is 0.000000604. The highest BCUT2D eigenvalue weighted by atomic mass is 19.4. The zero-order valence-electron chi connectivity index (χ0n) is 21.0. The summed E-state index contributed by atoms with van der Waals surface area (Å²) in [5.41, 5.74) is 3.86. The minimum atomic E-state index is -5.08. The quantitative estimate of drug-likeness (QED) is 0.452. The van der Waals surface area contributed by atoms with Crippen molar-refractivity contribution in [2.75, 3.05) is 26.1 Å². The smallest absolute Gasteiger partial charge is 0.490 e. The molecule has 11 heteroatoms. The number of hydrogen-bond acceptors (Lipinski definition) is 5. The highest BCUT2D eigenvalue weighted by molar-refractivity contribution is 5.79. The van der Waals surface area contributed by atoms with Gasteiger partial charge in [0.1, 0.15) is 5.75 Å². The van der Waals surface area contributed by atoms with Gasteiger partial charge in [-0.1, -0.05) is 18.2 Å². The lowest BCUT2D eigenvalue weighted by molar-refractivity contribution is -0.192. The maximum absolute atomic E-state index is 12.6. The zero-order chi connectivity index (χ0) is 27.6. The molecule has 0 bridgehead atoms. The lowest BCUT2D eigenvalue weighted by Gasteiger charge is -2.27. The number of carboxylic acid groups (broad SMARTS) is 1. The Hall–Kier alpha value is -3.60. The van der Waals surface area contributed by atoms with Gasteiger partial charge in [-0.3, -0.25) is 9.59 Å². The van der Waals surface area contributed by atoms with E-state index in [1.165, 1.54) is 4.90 Å². The summed E-state index contributed by atoms with van der Waals surface area (Å²) in [5, 5.41) is 13.5. The number of alkyl halides is 3. The Morgan fingerprint density at radius 2 is 1.65 bits per heavy atom. The predicted molar refractivity (Wildman–Crippen MR) is 133 cm³/mol. The highest BCUT2D eigenvalue weighted by Gasteiger charge is 2.38. The van der Waals surface area contributed by atoms with Crippen molar-refractivity contribution in [2.45, 2.75) is 44.4 Å². The van der Waals surface area contributed by atoms with Crippen molar-refractivity contribution in [1.82, 2.24) is 10.6 Å². The zero-order valence-corrected chi connectivity index (χ0v) is 21.0. The first-order valence-corrected chi connectivity index (χ1v) is 11.7. The molecule has 0 aliphatic heterocycles. The summed E-state index contributed by atoms with van der Waals surface area (Å²) in [7, 11) is 5.35. The second kappa shape index (κ2) is 13.6. The summed E-state index contributed by atoms with van der Waals surface area (Å²) in [6.07, 6.45) is -0.355. The first kappa shape index (κ1) is 29.6. The van der Waals surface area contributed by atoms with E-state index >= 15 is 0 Å². The van der Waals surface area contributed by atoms with E-state index in [1.54, 1.807) is 14.2 Å². The monoisotopic (exact) mass is 523 g/mol. The third kappa shape index (κ3) is 8.78. The average Bonchev–Trinajstić information content (AvgIpc) is 2.91. The lowest BCUT2D eigenvalue weighted by Crippen LogP contribution is -2.37. The fourth-order valence-electron chi connectivity index (χ4n) is 4.02. The normalized spacial score (nSPS) is 17.1. The van der Waals surface area contributed by atoms with Gasteiger partial charge in [0.15, 0.2) is 0 Å². The first-order chi connectivity index (χ1) is 17.5. The molecule has 0 radical (unpaired) electrons. The number of halogens is 3. The molecule has 1 aliphatic carbocycles. The average molecular weight is 524 g/mol. The number of methoxy groups -OCH3 is 1. The number of nitrogens with one attached hydrogen (secondary N) is 2. The van der Waals surface area contributed by atoms with Crippen molar-refractivity contribution >= 4 is 24.0 Å². The van der Waals surface area contributed by atoms with E-state index in [0.717, 1.165) is 60.2 Å². The van der Waals surface area contributed by atoms with E-state index in [0.29, 0.717) is 12.6 Å². The van der Waals surface area contributed by atoms with Gasteiger partial charge in [0, 0.05) is 36.8 Å². The Kier molecular flexibility index (Phi) is 10.9. The third-order valence-corrected chi connectivity index (χ3v) is 6.25. The van der Waals surface area contributed by atoms with Crippen LogP contribution in [0.2, 0.25) is 0 Å². The Labute approximate surface area is 213 Å². The van der Waals surface area contributed by atoms with Crippen LogP contribution in [0.4, 0.5) is 18.9 Å². The number of anilines is 1. The summed E-state index contributed by atoms with van der Waals surface area (Å²) in [5.74, 6) is -1.79. The molecular formula is C26H32F3N3O5. The van der Waals surface area contributed by atoms with E-state index in [4.69, 9.17) is 14.6 Å². The van der Waals surface area contributed by atoms with Crippen LogP contribution in [-0.2, 0) is 20.9 Å². The van der Waals surface area contributed by atoms with Gasteiger partial charge >= 0.3 is 12.1 Å². The molecule has 2 aromatic carbocycles. The minimum absolute atomic E-state index is 0.0890. The fourth-order valence-corrected chi connectivity index (χ4v) is 4.02. The van der Waals surface area contributed by atoms with Crippen LogP contribution in [0.25, 0.3) is 11.1 Å². The number of carbonyl (C=O) groups excluding carboxylic acids is 2. The number of rotatable bonds is 8. The molecule has 1 saturated carbocycles. The van der Waals surface area contributed by atoms with Crippen LogP contribution in [0.3, 0.4) is 0 Å². The molecule has 0 aromatic heterocycles. The van der Waals surface area contributed by atoms with Crippen molar-refractivity contribution in [3.63, 3.8) is 0 Å². The van der Waals surface area contributed by atoms with Crippen molar-refractivity contribution in [3.05, 3.63) is 48.0 Å². The summed E-state index contributed by atoms with van der Waals surface area (Å²) in [4.78, 5) is 34.0. The van der Waals surface area contributed by atoms with Crippen LogP contribution in [0.1, 0.15) is 31.2 Å². The summed E-state index contributed by atoms with van der Waals surface area (Å²) in [6, 6.07) is 14.3. The predicted octanol–water partition coefficient (Wildman–Crippen LogP) is 3.98. The largest absolute Gasteiger partial charge is 0.496 e. The molecule has 2 aromatic rings. The SMILES string of the molecule is CNC1CCC(C(=O)NCc2cc(-c3ccc(N(C)C=O)cc3)ccc2OC)CC1.O=C(O)C(F)(F)F. The molecule has 8 nitrogen and oxygen atoms in total. The first-order valence-electron chi connectivity index (χ1n) is 11.7. The summed E-state index contributed by atoms with van der Waals surface area (Å²) >= 11 is 0. The van der Waals surface area contributed by atoms with Gasteiger partial charge in [-0.2, -0.15) is 13.2 Å². The van der Waals surface area contributed by atoms with E-state index in [-0.39, 0.29) is 11.8 Å². The van der Waals surface area contributed by atoms with Gasteiger partial charge in [0.25, 0.3) is 0 Å². The van der Waals surface area contributed by atoms with Gasteiger partial charge in [0.2, 0.25) is 12.3 Å². The molecule has 2 amide bonds. The number of carboxylic acids is 1. The van der Waals surface area contributed by atoms with E-state index in [2.05, 4.69) is 16.7 Å². The second-order valence-electron chi connectivity index (χ2n) is 8.65. The maximum atomic E-state index is 12.6.